The number of hydrogen-bond donors (Lipinski definition) is 2. The quantitative estimate of drug-likeness (QED) is 0.528. The van der Waals surface area contributed by atoms with Crippen LogP contribution in [0.5, 0.6) is 0 Å². The maximum atomic E-state index is 13.8. The molecule has 2 aromatic rings. The van der Waals surface area contributed by atoms with E-state index in [1.165, 1.54) is 5.56 Å². The van der Waals surface area contributed by atoms with Crippen LogP contribution in [0.2, 0.25) is 0 Å². The van der Waals surface area contributed by atoms with Gasteiger partial charge in [0.2, 0.25) is 17.7 Å². The second-order valence-corrected chi connectivity index (χ2v) is 14.6. The summed E-state index contributed by atoms with van der Waals surface area (Å²) < 4.78 is 0. The molecule has 0 spiro atoms. The van der Waals surface area contributed by atoms with Crippen molar-refractivity contribution in [1.82, 2.24) is 30.2 Å². The summed E-state index contributed by atoms with van der Waals surface area (Å²) in [6, 6.07) is 18.7. The van der Waals surface area contributed by atoms with Crippen LogP contribution < -0.4 is 10.6 Å². The van der Waals surface area contributed by atoms with Gasteiger partial charge in [0.1, 0.15) is 6.04 Å². The molecule has 256 valence electrons. The average molecular weight is 655 g/mol. The van der Waals surface area contributed by atoms with Gasteiger partial charge in [0.15, 0.2) is 0 Å². The molecule has 0 saturated carbocycles. The third-order valence-corrected chi connectivity index (χ3v) is 11.6. The molecular weight excluding hydrogens is 604 g/mol. The van der Waals surface area contributed by atoms with Crippen LogP contribution in [0, 0.1) is 11.8 Å². The Labute approximate surface area is 284 Å². The fourth-order valence-electron chi connectivity index (χ4n) is 9.00. The van der Waals surface area contributed by atoms with Crippen molar-refractivity contribution in [2.24, 2.45) is 11.8 Å². The van der Waals surface area contributed by atoms with Crippen molar-refractivity contribution in [3.63, 3.8) is 0 Å². The van der Waals surface area contributed by atoms with Crippen molar-refractivity contribution >= 4 is 23.6 Å². The molecule has 0 aromatic heterocycles. The van der Waals surface area contributed by atoms with Crippen molar-refractivity contribution < 1.29 is 19.2 Å². The van der Waals surface area contributed by atoms with E-state index in [1.54, 1.807) is 17.0 Å². The van der Waals surface area contributed by atoms with Crippen LogP contribution in [0.4, 0.5) is 0 Å². The number of carbonyl (C=O) groups excluding carboxylic acids is 4. The first-order valence-electron chi connectivity index (χ1n) is 18.2. The SMILES string of the molecule is O=C1NCC[C@H]2CN(Cc3ccccc3)CC[C@H]2CC(=O)N2CCC(CC2)N2CCC[C@H]2C(=O)N[C@H]2C[C@@H]1N(C(=O)c1ccccc1)C2. The van der Waals surface area contributed by atoms with E-state index in [4.69, 9.17) is 0 Å². The Morgan fingerprint density at radius 3 is 2.27 bits per heavy atom. The number of nitrogens with one attached hydrogen (secondary N) is 2. The van der Waals surface area contributed by atoms with E-state index < -0.39 is 6.04 Å². The molecule has 4 bridgehead atoms. The normalized spacial score (nSPS) is 30.9. The Hall–Kier alpha value is -3.76. The van der Waals surface area contributed by atoms with Crippen molar-refractivity contribution in [2.75, 3.05) is 45.8 Å². The minimum absolute atomic E-state index is 0.00813. The van der Waals surface area contributed by atoms with E-state index in [2.05, 4.69) is 49.6 Å². The molecule has 0 unspecified atom stereocenters. The number of benzene rings is 2. The summed E-state index contributed by atoms with van der Waals surface area (Å²) in [6.45, 7) is 5.87. The molecule has 6 aliphatic rings. The van der Waals surface area contributed by atoms with E-state index in [-0.39, 0.29) is 53.6 Å². The number of amides is 4. The lowest BCUT2D eigenvalue weighted by Crippen LogP contribution is -2.53. The van der Waals surface area contributed by atoms with Crippen molar-refractivity contribution in [3.05, 3.63) is 71.8 Å². The number of fused-ring (bicyclic) bond motifs is 7. The number of nitrogens with zero attached hydrogens (tertiary/aromatic N) is 4. The van der Waals surface area contributed by atoms with Crippen LogP contribution in [0.1, 0.15) is 67.3 Å². The zero-order valence-electron chi connectivity index (χ0n) is 28.0. The zero-order chi connectivity index (χ0) is 33.0. The predicted octanol–water partition coefficient (Wildman–Crippen LogP) is 2.89. The fraction of sp³-hybridized carbons (Fsp3) is 0.579. The molecular formula is C38H50N6O4. The van der Waals surface area contributed by atoms with Crippen molar-refractivity contribution in [3.8, 4) is 0 Å². The Morgan fingerprint density at radius 2 is 1.50 bits per heavy atom. The average Bonchev–Trinajstić information content (AvgIpc) is 3.78. The number of hydrogen-bond acceptors (Lipinski definition) is 6. The molecule has 10 heteroatoms. The van der Waals surface area contributed by atoms with Gasteiger partial charge in [-0.1, -0.05) is 48.5 Å². The monoisotopic (exact) mass is 654 g/mol. The van der Waals surface area contributed by atoms with Crippen LogP contribution in [-0.2, 0) is 20.9 Å². The number of rotatable bonds is 3. The lowest BCUT2D eigenvalue weighted by Gasteiger charge is -2.41. The third-order valence-electron chi connectivity index (χ3n) is 11.6. The van der Waals surface area contributed by atoms with Crippen LogP contribution in [0.25, 0.3) is 0 Å². The van der Waals surface area contributed by atoms with Gasteiger partial charge in [-0.3, -0.25) is 29.0 Å². The Balaban J connectivity index is 1.11. The molecule has 0 radical (unpaired) electrons. The third kappa shape index (κ3) is 7.29. The van der Waals surface area contributed by atoms with Crippen molar-refractivity contribution in [2.45, 2.75) is 82.1 Å². The van der Waals surface area contributed by atoms with Gasteiger partial charge in [0.25, 0.3) is 5.91 Å². The zero-order valence-corrected chi connectivity index (χ0v) is 28.0. The number of carbonyl (C=O) groups is 4. The highest BCUT2D eigenvalue weighted by atomic mass is 16.2. The van der Waals surface area contributed by atoms with E-state index in [0.29, 0.717) is 31.5 Å². The minimum Gasteiger partial charge on any atom is -0.354 e. The molecule has 6 aliphatic heterocycles. The maximum absolute atomic E-state index is 13.8. The molecule has 10 nitrogen and oxygen atoms in total. The predicted molar refractivity (Wildman–Crippen MR) is 183 cm³/mol. The van der Waals surface area contributed by atoms with Gasteiger partial charge in [-0.05, 0) is 87.6 Å². The molecule has 6 saturated heterocycles. The Kier molecular flexibility index (Phi) is 10.1. The van der Waals surface area contributed by atoms with Gasteiger partial charge in [-0.25, -0.2) is 0 Å². The summed E-state index contributed by atoms with van der Waals surface area (Å²) >= 11 is 0. The number of likely N-dealkylation sites (tertiary alicyclic amines) is 2. The summed E-state index contributed by atoms with van der Waals surface area (Å²) in [5.41, 5.74) is 1.82. The molecule has 2 N–H and O–H groups in total. The first-order valence-corrected chi connectivity index (χ1v) is 18.2. The van der Waals surface area contributed by atoms with Gasteiger partial charge >= 0.3 is 0 Å². The van der Waals surface area contributed by atoms with Gasteiger partial charge in [0.05, 0.1) is 6.04 Å². The number of piperidine rings is 2. The van der Waals surface area contributed by atoms with Gasteiger partial charge in [-0.2, -0.15) is 0 Å². The smallest absolute Gasteiger partial charge is 0.254 e. The van der Waals surface area contributed by atoms with Gasteiger partial charge in [0, 0.05) is 63.3 Å². The summed E-state index contributed by atoms with van der Waals surface area (Å²) in [6.07, 6.45) is 6.21. The molecule has 5 atom stereocenters. The molecule has 48 heavy (non-hydrogen) atoms. The van der Waals surface area contributed by atoms with E-state index in [0.717, 1.165) is 77.8 Å². The molecule has 6 fully saturated rings. The Morgan fingerprint density at radius 1 is 0.750 bits per heavy atom. The van der Waals surface area contributed by atoms with Crippen molar-refractivity contribution in [1.29, 1.82) is 0 Å². The van der Waals surface area contributed by atoms with Crippen LogP contribution in [-0.4, -0.2) is 113 Å². The molecule has 0 aliphatic carbocycles. The van der Waals surface area contributed by atoms with Crippen LogP contribution in [0.3, 0.4) is 0 Å². The topological polar surface area (TPSA) is 105 Å². The van der Waals surface area contributed by atoms with E-state index >= 15 is 0 Å². The maximum Gasteiger partial charge on any atom is 0.254 e. The van der Waals surface area contributed by atoms with E-state index in [1.807, 2.05) is 24.3 Å². The van der Waals surface area contributed by atoms with Gasteiger partial charge < -0.3 is 20.4 Å². The lowest BCUT2D eigenvalue weighted by atomic mass is 9.80. The van der Waals surface area contributed by atoms with Gasteiger partial charge in [-0.15, -0.1) is 0 Å². The molecule has 2 aromatic carbocycles. The molecule has 4 amide bonds. The minimum atomic E-state index is -0.661. The summed E-state index contributed by atoms with van der Waals surface area (Å²) in [5, 5.41) is 6.43. The first-order chi connectivity index (χ1) is 23.4. The van der Waals surface area contributed by atoms with Crippen LogP contribution in [0.15, 0.2) is 60.7 Å². The van der Waals surface area contributed by atoms with Crippen LogP contribution >= 0.6 is 0 Å². The highest BCUT2D eigenvalue weighted by Crippen LogP contribution is 2.32. The summed E-state index contributed by atoms with van der Waals surface area (Å²) in [5.74, 6) is 0.403. The standard InChI is InChI=1S/C38H50N6O4/c45-35-22-29-14-19-41(24-27-8-3-1-4-9-27)25-30(29)13-17-39-36(46)34-23-31(26-44(34)38(48)28-10-5-2-6-11-28)40-37(47)33-12-7-18-43(33)32-15-20-42(35)21-16-32/h1-6,8-11,29-34H,7,12-26H2,(H,39,46)(H,40,47)/t29-,30-,31-,33-,34-/m0/s1. The Bertz CT molecular complexity index is 1450. The second-order valence-electron chi connectivity index (χ2n) is 14.6. The highest BCUT2D eigenvalue weighted by Gasteiger charge is 2.43. The second kappa shape index (κ2) is 14.8. The lowest BCUT2D eigenvalue weighted by molar-refractivity contribution is -0.136. The first kappa shape index (κ1) is 32.8. The largest absolute Gasteiger partial charge is 0.354 e. The molecule has 8 rings (SSSR count). The molecule has 6 heterocycles. The van der Waals surface area contributed by atoms with E-state index in [9.17, 15) is 19.2 Å². The summed E-state index contributed by atoms with van der Waals surface area (Å²) in [7, 11) is 0. The highest BCUT2D eigenvalue weighted by molar-refractivity contribution is 5.98. The fourth-order valence-corrected chi connectivity index (χ4v) is 9.00. The summed E-state index contributed by atoms with van der Waals surface area (Å²) in [4.78, 5) is 63.5.